The van der Waals surface area contributed by atoms with Crippen LogP contribution in [0, 0.1) is 0 Å². The predicted octanol–water partition coefficient (Wildman–Crippen LogP) is 3.38. The van der Waals surface area contributed by atoms with Crippen molar-refractivity contribution in [2.75, 3.05) is 11.0 Å². The van der Waals surface area contributed by atoms with Gasteiger partial charge in [-0.3, -0.25) is 9.52 Å². The Balaban J connectivity index is 2.02. The lowest BCUT2D eigenvalue weighted by molar-refractivity contribution is -0.274. The smallest absolute Gasteiger partial charge is 0.406 e. The van der Waals surface area contributed by atoms with E-state index in [0.29, 0.717) is 16.8 Å². The molecule has 0 aliphatic heterocycles. The van der Waals surface area contributed by atoms with Crippen LogP contribution in [0.4, 0.5) is 18.9 Å². The summed E-state index contributed by atoms with van der Waals surface area (Å²) >= 11 is 0. The Morgan fingerprint density at radius 2 is 1.71 bits per heavy atom. The highest BCUT2D eigenvalue weighted by Gasteiger charge is 2.31. The molecule has 0 bridgehead atoms. The summed E-state index contributed by atoms with van der Waals surface area (Å²) in [5.41, 5.74) is 1.43. The van der Waals surface area contributed by atoms with Gasteiger partial charge in [-0.05, 0) is 36.2 Å². The van der Waals surface area contributed by atoms with Crippen molar-refractivity contribution in [1.29, 1.82) is 0 Å². The SMILES string of the molecule is CC(NC(=O)Cc1ccc(OC(F)(F)F)cc1)c1ccccc1NS(C)(=O)=O. The number of hydrogen-bond donors (Lipinski definition) is 2. The van der Waals surface area contributed by atoms with Gasteiger partial charge in [0.2, 0.25) is 15.9 Å². The molecule has 10 heteroatoms. The van der Waals surface area contributed by atoms with Crippen molar-refractivity contribution in [1.82, 2.24) is 5.32 Å². The van der Waals surface area contributed by atoms with Crippen LogP contribution < -0.4 is 14.8 Å². The van der Waals surface area contributed by atoms with E-state index in [2.05, 4.69) is 14.8 Å². The second-order valence-electron chi connectivity index (χ2n) is 6.12. The van der Waals surface area contributed by atoms with Crippen LogP contribution in [0.2, 0.25) is 0 Å². The minimum Gasteiger partial charge on any atom is -0.406 e. The molecule has 0 fully saturated rings. The summed E-state index contributed by atoms with van der Waals surface area (Å²) in [7, 11) is -3.48. The molecule has 28 heavy (non-hydrogen) atoms. The monoisotopic (exact) mass is 416 g/mol. The number of anilines is 1. The summed E-state index contributed by atoms with van der Waals surface area (Å²) in [6.45, 7) is 1.70. The highest BCUT2D eigenvalue weighted by atomic mass is 32.2. The Bertz CT molecular complexity index is 929. The summed E-state index contributed by atoms with van der Waals surface area (Å²) in [6, 6.07) is 11.1. The minimum atomic E-state index is -4.78. The first-order valence-electron chi connectivity index (χ1n) is 8.14. The van der Waals surface area contributed by atoms with Crippen molar-refractivity contribution in [2.24, 2.45) is 0 Å². The Kier molecular flexibility index (Phi) is 6.55. The van der Waals surface area contributed by atoms with Crippen molar-refractivity contribution >= 4 is 21.6 Å². The van der Waals surface area contributed by atoms with Gasteiger partial charge in [-0.25, -0.2) is 8.42 Å². The molecular formula is C18H19F3N2O4S. The summed E-state index contributed by atoms with van der Waals surface area (Å²) in [5.74, 6) is -0.739. The second-order valence-corrected chi connectivity index (χ2v) is 7.87. The number of para-hydroxylation sites is 1. The third kappa shape index (κ3) is 7.10. The van der Waals surface area contributed by atoms with E-state index in [1.807, 2.05) is 0 Å². The molecule has 0 saturated carbocycles. The fourth-order valence-corrected chi connectivity index (χ4v) is 3.12. The average molecular weight is 416 g/mol. The van der Waals surface area contributed by atoms with Gasteiger partial charge in [-0.1, -0.05) is 30.3 Å². The van der Waals surface area contributed by atoms with E-state index in [1.54, 1.807) is 31.2 Å². The third-order valence-corrected chi connectivity index (χ3v) is 4.21. The summed E-state index contributed by atoms with van der Waals surface area (Å²) < 4.78 is 65.6. The fraction of sp³-hybridized carbons (Fsp3) is 0.278. The van der Waals surface area contributed by atoms with E-state index in [1.165, 1.54) is 12.1 Å². The van der Waals surface area contributed by atoms with E-state index < -0.39 is 22.4 Å². The summed E-state index contributed by atoms with van der Waals surface area (Å²) in [5, 5.41) is 2.74. The van der Waals surface area contributed by atoms with Crippen LogP contribution in [0.1, 0.15) is 24.1 Å². The Morgan fingerprint density at radius 3 is 2.29 bits per heavy atom. The normalized spacial score (nSPS) is 12.9. The topological polar surface area (TPSA) is 84.5 Å². The number of alkyl halides is 3. The minimum absolute atomic E-state index is 0.0572. The third-order valence-electron chi connectivity index (χ3n) is 3.62. The number of carbonyl (C=O) groups excluding carboxylic acids is 1. The molecule has 2 rings (SSSR count). The zero-order valence-corrected chi connectivity index (χ0v) is 15.9. The van der Waals surface area contributed by atoms with Gasteiger partial charge < -0.3 is 10.1 Å². The first-order chi connectivity index (χ1) is 12.9. The molecule has 0 aliphatic rings. The van der Waals surface area contributed by atoms with Gasteiger partial charge in [0.1, 0.15) is 5.75 Å². The molecule has 0 radical (unpaired) electrons. The number of sulfonamides is 1. The maximum absolute atomic E-state index is 12.2. The number of hydrogen-bond acceptors (Lipinski definition) is 4. The van der Waals surface area contributed by atoms with Gasteiger partial charge in [0.25, 0.3) is 0 Å². The molecule has 0 saturated heterocycles. The average Bonchev–Trinajstić information content (AvgIpc) is 2.54. The van der Waals surface area contributed by atoms with E-state index in [0.717, 1.165) is 18.4 Å². The van der Waals surface area contributed by atoms with Crippen molar-refractivity contribution in [2.45, 2.75) is 25.7 Å². The van der Waals surface area contributed by atoms with Gasteiger partial charge >= 0.3 is 6.36 Å². The van der Waals surface area contributed by atoms with Crippen LogP contribution >= 0.6 is 0 Å². The van der Waals surface area contributed by atoms with Crippen LogP contribution in [0.15, 0.2) is 48.5 Å². The number of ether oxygens (including phenoxy) is 1. The van der Waals surface area contributed by atoms with Crippen LogP contribution in [0.25, 0.3) is 0 Å². The van der Waals surface area contributed by atoms with E-state index in [9.17, 15) is 26.4 Å². The zero-order valence-electron chi connectivity index (χ0n) is 15.1. The molecule has 0 aliphatic carbocycles. The number of rotatable bonds is 7. The van der Waals surface area contributed by atoms with Crippen molar-refractivity contribution < 1.29 is 31.1 Å². The van der Waals surface area contributed by atoms with Crippen LogP contribution in [-0.4, -0.2) is 26.9 Å². The lowest BCUT2D eigenvalue weighted by Gasteiger charge is -2.18. The number of amides is 1. The molecule has 1 unspecified atom stereocenters. The van der Waals surface area contributed by atoms with E-state index in [-0.39, 0.29) is 18.1 Å². The molecule has 0 aromatic heterocycles. The molecule has 152 valence electrons. The Morgan fingerprint density at radius 1 is 1.11 bits per heavy atom. The molecular weight excluding hydrogens is 397 g/mol. The molecule has 2 aromatic carbocycles. The second kappa shape index (κ2) is 8.51. The van der Waals surface area contributed by atoms with Crippen LogP contribution in [0.5, 0.6) is 5.75 Å². The molecule has 2 N–H and O–H groups in total. The largest absolute Gasteiger partial charge is 0.573 e. The van der Waals surface area contributed by atoms with Gasteiger partial charge in [0.05, 0.1) is 24.4 Å². The maximum Gasteiger partial charge on any atom is 0.573 e. The van der Waals surface area contributed by atoms with Gasteiger partial charge in [-0.2, -0.15) is 0 Å². The first kappa shape index (κ1) is 21.5. The predicted molar refractivity (Wildman–Crippen MR) is 98.3 cm³/mol. The van der Waals surface area contributed by atoms with Crippen molar-refractivity contribution in [3.05, 3.63) is 59.7 Å². The first-order valence-corrected chi connectivity index (χ1v) is 10.0. The summed E-state index contributed by atoms with van der Waals surface area (Å²) in [4.78, 5) is 12.2. The molecule has 0 spiro atoms. The quantitative estimate of drug-likeness (QED) is 0.725. The highest BCUT2D eigenvalue weighted by Crippen LogP contribution is 2.24. The van der Waals surface area contributed by atoms with E-state index in [4.69, 9.17) is 0 Å². The summed E-state index contributed by atoms with van der Waals surface area (Å²) in [6.07, 6.45) is -3.81. The fourth-order valence-electron chi connectivity index (χ4n) is 2.53. The number of carbonyl (C=O) groups is 1. The van der Waals surface area contributed by atoms with Gasteiger partial charge in [0, 0.05) is 0 Å². The lowest BCUT2D eigenvalue weighted by Crippen LogP contribution is -2.28. The number of halogens is 3. The molecule has 1 atom stereocenters. The van der Waals surface area contributed by atoms with Crippen molar-refractivity contribution in [3.8, 4) is 5.75 Å². The standard InChI is InChI=1S/C18H19F3N2O4S/c1-12(15-5-3-4-6-16(15)23-28(2,25)26)22-17(24)11-13-7-9-14(10-8-13)27-18(19,20)21/h3-10,12,23H,11H2,1-2H3,(H,22,24). The Labute approximate surface area is 160 Å². The van der Waals surface area contributed by atoms with Gasteiger partial charge in [-0.15, -0.1) is 13.2 Å². The highest BCUT2D eigenvalue weighted by molar-refractivity contribution is 7.92. The van der Waals surface area contributed by atoms with Crippen molar-refractivity contribution in [3.63, 3.8) is 0 Å². The van der Waals surface area contributed by atoms with E-state index >= 15 is 0 Å². The number of nitrogens with one attached hydrogen (secondary N) is 2. The Hall–Kier alpha value is -2.75. The molecule has 1 amide bonds. The van der Waals surface area contributed by atoms with Crippen LogP contribution in [0.3, 0.4) is 0 Å². The lowest BCUT2D eigenvalue weighted by atomic mass is 10.1. The molecule has 0 heterocycles. The zero-order chi connectivity index (χ0) is 20.9. The van der Waals surface area contributed by atoms with Gasteiger partial charge in [0.15, 0.2) is 0 Å². The molecule has 2 aromatic rings. The number of benzene rings is 2. The molecule has 6 nitrogen and oxygen atoms in total. The maximum atomic E-state index is 12.2. The van der Waals surface area contributed by atoms with Crippen LogP contribution in [-0.2, 0) is 21.2 Å².